The van der Waals surface area contributed by atoms with E-state index < -0.39 is 0 Å². The summed E-state index contributed by atoms with van der Waals surface area (Å²) in [5.74, 6) is 1.06. The first-order chi connectivity index (χ1) is 8.31. The summed E-state index contributed by atoms with van der Waals surface area (Å²) >= 11 is 3.42. The molecular formula is C13H19BrN2O. The van der Waals surface area contributed by atoms with Crippen molar-refractivity contribution in [1.29, 1.82) is 0 Å². The molecule has 0 saturated carbocycles. The number of rotatable bonds is 4. The van der Waals surface area contributed by atoms with Crippen molar-refractivity contribution >= 4 is 21.7 Å². The minimum absolute atomic E-state index is 0.288. The Labute approximate surface area is 111 Å². The number of nitrogens with zero attached hydrogens (tertiary/aromatic N) is 2. The number of halogens is 1. The molecule has 1 aromatic rings. The molecule has 0 bridgehead atoms. The van der Waals surface area contributed by atoms with E-state index in [0.29, 0.717) is 6.04 Å². The lowest BCUT2D eigenvalue weighted by molar-refractivity contribution is 0.273. The molecule has 0 aliphatic carbocycles. The molecular weight excluding hydrogens is 280 g/mol. The fourth-order valence-corrected chi connectivity index (χ4v) is 2.82. The van der Waals surface area contributed by atoms with Crippen LogP contribution in [-0.2, 0) is 0 Å². The van der Waals surface area contributed by atoms with Crippen molar-refractivity contribution in [1.82, 2.24) is 4.98 Å². The molecule has 0 amide bonds. The SMILES string of the molecule is OCCCC1CCCCN1c1cccc(Br)n1. The monoisotopic (exact) mass is 298 g/mol. The van der Waals surface area contributed by atoms with Gasteiger partial charge in [0, 0.05) is 19.2 Å². The Morgan fingerprint density at radius 3 is 3.06 bits per heavy atom. The standard InChI is InChI=1S/C13H19BrN2O/c14-12-7-3-8-13(15-12)16-9-2-1-5-11(16)6-4-10-17/h3,7-8,11,17H,1-2,4-6,9-10H2. The van der Waals surface area contributed by atoms with Gasteiger partial charge in [-0.1, -0.05) is 6.07 Å². The molecule has 1 aromatic heterocycles. The van der Waals surface area contributed by atoms with Crippen LogP contribution in [0.3, 0.4) is 0 Å². The van der Waals surface area contributed by atoms with Crippen LogP contribution in [0.15, 0.2) is 22.8 Å². The highest BCUT2D eigenvalue weighted by atomic mass is 79.9. The quantitative estimate of drug-likeness (QED) is 0.868. The first kappa shape index (κ1) is 12.8. The van der Waals surface area contributed by atoms with Crippen molar-refractivity contribution in [2.24, 2.45) is 0 Å². The molecule has 1 aliphatic heterocycles. The summed E-state index contributed by atoms with van der Waals surface area (Å²) in [5, 5.41) is 8.96. The summed E-state index contributed by atoms with van der Waals surface area (Å²) in [4.78, 5) is 6.93. The predicted molar refractivity (Wildman–Crippen MR) is 73.2 cm³/mol. The summed E-state index contributed by atoms with van der Waals surface area (Å²) in [5.41, 5.74) is 0. The lowest BCUT2D eigenvalue weighted by Crippen LogP contribution is -2.40. The van der Waals surface area contributed by atoms with Crippen LogP contribution < -0.4 is 4.90 Å². The molecule has 1 atom stereocenters. The van der Waals surface area contributed by atoms with E-state index in [1.165, 1.54) is 19.3 Å². The van der Waals surface area contributed by atoms with Gasteiger partial charge < -0.3 is 10.0 Å². The second kappa shape index (κ2) is 6.36. The van der Waals surface area contributed by atoms with E-state index in [9.17, 15) is 0 Å². The topological polar surface area (TPSA) is 36.4 Å². The Kier molecular flexibility index (Phi) is 4.80. The summed E-state index contributed by atoms with van der Waals surface area (Å²) in [6.07, 6.45) is 5.69. The van der Waals surface area contributed by atoms with Gasteiger partial charge >= 0.3 is 0 Å². The van der Waals surface area contributed by atoms with E-state index in [1.807, 2.05) is 12.1 Å². The van der Waals surface area contributed by atoms with Crippen LogP contribution in [0.4, 0.5) is 5.82 Å². The van der Waals surface area contributed by atoms with E-state index in [2.05, 4.69) is 31.9 Å². The summed E-state index contributed by atoms with van der Waals surface area (Å²) in [7, 11) is 0. The fraction of sp³-hybridized carbons (Fsp3) is 0.615. The highest BCUT2D eigenvalue weighted by Crippen LogP contribution is 2.26. The maximum atomic E-state index is 8.96. The van der Waals surface area contributed by atoms with E-state index in [4.69, 9.17) is 5.11 Å². The maximum Gasteiger partial charge on any atom is 0.130 e. The van der Waals surface area contributed by atoms with Gasteiger partial charge in [0.2, 0.25) is 0 Å². The summed E-state index contributed by atoms with van der Waals surface area (Å²) in [6.45, 7) is 1.37. The molecule has 1 aliphatic rings. The molecule has 4 heteroatoms. The molecule has 1 unspecified atom stereocenters. The van der Waals surface area contributed by atoms with Crippen LogP contribution >= 0.6 is 15.9 Å². The van der Waals surface area contributed by atoms with Crippen molar-refractivity contribution in [3.05, 3.63) is 22.8 Å². The van der Waals surface area contributed by atoms with Gasteiger partial charge in [-0.05, 0) is 60.2 Å². The lowest BCUT2D eigenvalue weighted by Gasteiger charge is -2.36. The van der Waals surface area contributed by atoms with Gasteiger partial charge in [0.25, 0.3) is 0 Å². The highest BCUT2D eigenvalue weighted by Gasteiger charge is 2.22. The third kappa shape index (κ3) is 3.42. The molecule has 1 fully saturated rings. The summed E-state index contributed by atoms with van der Waals surface area (Å²) < 4.78 is 0.890. The zero-order valence-electron chi connectivity index (χ0n) is 9.98. The Hall–Kier alpha value is -0.610. The molecule has 94 valence electrons. The van der Waals surface area contributed by atoms with E-state index in [0.717, 1.165) is 29.8 Å². The van der Waals surface area contributed by atoms with Crippen molar-refractivity contribution in [2.45, 2.75) is 38.1 Å². The maximum absolute atomic E-state index is 8.96. The van der Waals surface area contributed by atoms with Gasteiger partial charge in [-0.2, -0.15) is 0 Å². The molecule has 2 rings (SSSR count). The van der Waals surface area contributed by atoms with Crippen molar-refractivity contribution in [3.8, 4) is 0 Å². The first-order valence-corrected chi connectivity index (χ1v) is 7.10. The van der Waals surface area contributed by atoms with Gasteiger partial charge in [0.1, 0.15) is 10.4 Å². The van der Waals surface area contributed by atoms with Crippen LogP contribution in [0, 0.1) is 0 Å². The molecule has 17 heavy (non-hydrogen) atoms. The average Bonchev–Trinajstić information content (AvgIpc) is 2.37. The van der Waals surface area contributed by atoms with Gasteiger partial charge in [0.05, 0.1) is 0 Å². The van der Waals surface area contributed by atoms with Gasteiger partial charge in [-0.25, -0.2) is 4.98 Å². The lowest BCUT2D eigenvalue weighted by atomic mass is 9.98. The summed E-state index contributed by atoms with van der Waals surface area (Å²) in [6, 6.07) is 6.60. The Bertz CT molecular complexity index is 359. The van der Waals surface area contributed by atoms with E-state index in [-0.39, 0.29) is 6.61 Å². The third-order valence-electron chi connectivity index (χ3n) is 3.32. The molecule has 1 N–H and O–H groups in total. The largest absolute Gasteiger partial charge is 0.396 e. The minimum atomic E-state index is 0.288. The minimum Gasteiger partial charge on any atom is -0.396 e. The number of aliphatic hydroxyl groups excluding tert-OH is 1. The Morgan fingerprint density at radius 1 is 1.41 bits per heavy atom. The van der Waals surface area contributed by atoms with E-state index >= 15 is 0 Å². The Morgan fingerprint density at radius 2 is 2.29 bits per heavy atom. The number of hydrogen-bond acceptors (Lipinski definition) is 3. The van der Waals surface area contributed by atoms with E-state index in [1.54, 1.807) is 0 Å². The number of piperidine rings is 1. The van der Waals surface area contributed by atoms with Gasteiger partial charge in [-0.3, -0.25) is 0 Å². The number of pyridine rings is 1. The molecule has 0 radical (unpaired) electrons. The van der Waals surface area contributed by atoms with Crippen LogP contribution in [0.25, 0.3) is 0 Å². The zero-order chi connectivity index (χ0) is 12.1. The van der Waals surface area contributed by atoms with Crippen LogP contribution in [0.1, 0.15) is 32.1 Å². The number of anilines is 1. The fourth-order valence-electron chi connectivity index (χ4n) is 2.49. The molecule has 0 aromatic carbocycles. The van der Waals surface area contributed by atoms with Gasteiger partial charge in [-0.15, -0.1) is 0 Å². The molecule has 1 saturated heterocycles. The second-order valence-electron chi connectivity index (χ2n) is 4.53. The Balaban J connectivity index is 2.10. The van der Waals surface area contributed by atoms with Crippen molar-refractivity contribution in [2.75, 3.05) is 18.1 Å². The van der Waals surface area contributed by atoms with Crippen molar-refractivity contribution < 1.29 is 5.11 Å². The normalized spacial score (nSPS) is 20.6. The number of aliphatic hydroxyl groups is 1. The number of hydrogen-bond donors (Lipinski definition) is 1. The molecule has 2 heterocycles. The molecule has 3 nitrogen and oxygen atoms in total. The smallest absolute Gasteiger partial charge is 0.130 e. The van der Waals surface area contributed by atoms with Gasteiger partial charge in [0.15, 0.2) is 0 Å². The average molecular weight is 299 g/mol. The zero-order valence-corrected chi connectivity index (χ0v) is 11.6. The number of aromatic nitrogens is 1. The third-order valence-corrected chi connectivity index (χ3v) is 3.76. The molecule has 0 spiro atoms. The van der Waals surface area contributed by atoms with Crippen molar-refractivity contribution in [3.63, 3.8) is 0 Å². The first-order valence-electron chi connectivity index (χ1n) is 6.31. The highest BCUT2D eigenvalue weighted by molar-refractivity contribution is 9.10. The predicted octanol–water partition coefficient (Wildman–Crippen LogP) is 2.98. The van der Waals surface area contributed by atoms with Crippen LogP contribution in [0.2, 0.25) is 0 Å². The van der Waals surface area contributed by atoms with Crippen LogP contribution in [-0.4, -0.2) is 29.3 Å². The second-order valence-corrected chi connectivity index (χ2v) is 5.34. The van der Waals surface area contributed by atoms with Crippen LogP contribution in [0.5, 0.6) is 0 Å².